The largest absolute Gasteiger partial charge is 0.497 e. The summed E-state index contributed by atoms with van der Waals surface area (Å²) in [6, 6.07) is 6.18. The minimum atomic E-state index is 0.824. The summed E-state index contributed by atoms with van der Waals surface area (Å²) in [6.45, 7) is 4.28. The van der Waals surface area contributed by atoms with Crippen molar-refractivity contribution in [1.82, 2.24) is 0 Å². The molecule has 0 unspecified atom stereocenters. The maximum absolute atomic E-state index is 5.49. The molecule has 0 aliphatic rings. The molecule has 0 aliphatic heterocycles. The van der Waals surface area contributed by atoms with E-state index in [-0.39, 0.29) is 0 Å². The Hall–Kier alpha value is -0.750. The highest BCUT2D eigenvalue weighted by atomic mass is 127. The van der Waals surface area contributed by atoms with Crippen LogP contribution in [0, 0.1) is 17.4 Å². The highest BCUT2D eigenvalue weighted by Gasteiger charge is 2.15. The van der Waals surface area contributed by atoms with Crippen LogP contribution in [0.1, 0.15) is 10.4 Å². The minimum Gasteiger partial charge on any atom is -0.497 e. The van der Waals surface area contributed by atoms with Crippen molar-refractivity contribution in [2.75, 3.05) is 14.2 Å². The molecule has 96 valence electrons. The van der Waals surface area contributed by atoms with Crippen molar-refractivity contribution in [2.24, 2.45) is 0 Å². The van der Waals surface area contributed by atoms with Gasteiger partial charge in [0.15, 0.2) is 0 Å². The fourth-order valence-electron chi connectivity index (χ4n) is 1.77. The van der Waals surface area contributed by atoms with Gasteiger partial charge in [-0.2, -0.15) is 0 Å². The molecular weight excluding hydrogens is 359 g/mol. The van der Waals surface area contributed by atoms with Crippen molar-refractivity contribution in [3.8, 4) is 21.9 Å². The van der Waals surface area contributed by atoms with Gasteiger partial charge in [0.25, 0.3) is 0 Å². The fourth-order valence-corrected chi connectivity index (χ4v) is 3.92. The zero-order valence-electron chi connectivity index (χ0n) is 10.8. The third-order valence-electron chi connectivity index (χ3n) is 2.90. The molecule has 0 atom stereocenters. The van der Waals surface area contributed by atoms with E-state index in [9.17, 15) is 0 Å². The lowest BCUT2D eigenvalue weighted by Gasteiger charge is -2.11. The highest BCUT2D eigenvalue weighted by Crippen LogP contribution is 2.41. The van der Waals surface area contributed by atoms with Crippen LogP contribution in [0.25, 0.3) is 10.4 Å². The van der Waals surface area contributed by atoms with Crippen LogP contribution in [0.15, 0.2) is 18.2 Å². The fraction of sp³-hybridized carbons (Fsp3) is 0.286. The molecule has 0 N–H and O–H groups in total. The Balaban J connectivity index is 2.62. The summed E-state index contributed by atoms with van der Waals surface area (Å²) in [5, 5.41) is 0. The van der Waals surface area contributed by atoms with Crippen LogP contribution >= 0.6 is 33.9 Å². The van der Waals surface area contributed by atoms with E-state index >= 15 is 0 Å². The normalized spacial score (nSPS) is 10.5. The molecule has 0 radical (unpaired) electrons. The van der Waals surface area contributed by atoms with Crippen molar-refractivity contribution >= 4 is 33.9 Å². The summed E-state index contributed by atoms with van der Waals surface area (Å²) >= 11 is 4.13. The maximum atomic E-state index is 5.49. The molecule has 0 saturated heterocycles. The first-order chi connectivity index (χ1) is 8.56. The summed E-state index contributed by atoms with van der Waals surface area (Å²) < 4.78 is 11.9. The first kappa shape index (κ1) is 13.7. The van der Waals surface area contributed by atoms with Crippen LogP contribution in [-0.2, 0) is 0 Å². The summed E-state index contributed by atoms with van der Waals surface area (Å²) in [7, 11) is 3.37. The van der Waals surface area contributed by atoms with Crippen molar-refractivity contribution in [2.45, 2.75) is 13.8 Å². The van der Waals surface area contributed by atoms with Crippen LogP contribution in [0.3, 0.4) is 0 Å². The molecule has 2 rings (SSSR count). The minimum absolute atomic E-state index is 0.824. The molecule has 2 nitrogen and oxygen atoms in total. The van der Waals surface area contributed by atoms with E-state index in [0.717, 1.165) is 20.6 Å². The van der Waals surface area contributed by atoms with Gasteiger partial charge in [-0.15, -0.1) is 11.3 Å². The van der Waals surface area contributed by atoms with E-state index in [1.54, 1.807) is 25.6 Å². The van der Waals surface area contributed by atoms with E-state index in [2.05, 4.69) is 42.5 Å². The van der Waals surface area contributed by atoms with E-state index in [4.69, 9.17) is 9.47 Å². The van der Waals surface area contributed by atoms with Crippen molar-refractivity contribution in [3.63, 3.8) is 0 Å². The average molecular weight is 374 g/mol. The molecule has 1 aromatic heterocycles. The predicted octanol–water partition coefficient (Wildman–Crippen LogP) is 4.65. The van der Waals surface area contributed by atoms with Gasteiger partial charge in [-0.25, -0.2) is 0 Å². The molecule has 0 fully saturated rings. The lowest BCUT2D eigenvalue weighted by atomic mass is 10.1. The first-order valence-electron chi connectivity index (χ1n) is 5.55. The zero-order valence-corrected chi connectivity index (χ0v) is 13.8. The number of halogens is 1. The third kappa shape index (κ3) is 2.49. The average Bonchev–Trinajstić information content (AvgIpc) is 2.67. The van der Waals surface area contributed by atoms with Gasteiger partial charge in [0, 0.05) is 25.0 Å². The van der Waals surface area contributed by atoms with Crippen LogP contribution in [0.2, 0.25) is 0 Å². The maximum Gasteiger partial charge on any atom is 0.132 e. The lowest BCUT2D eigenvalue weighted by Crippen LogP contribution is -1.92. The second-order valence-corrected chi connectivity index (χ2v) is 6.45. The molecule has 0 amide bonds. The molecule has 0 bridgehead atoms. The monoisotopic (exact) mass is 374 g/mol. The van der Waals surface area contributed by atoms with E-state index in [0.29, 0.717) is 0 Å². The van der Waals surface area contributed by atoms with Crippen LogP contribution in [-0.4, -0.2) is 14.2 Å². The lowest BCUT2D eigenvalue weighted by molar-refractivity contribution is 0.395. The number of benzene rings is 1. The smallest absolute Gasteiger partial charge is 0.132 e. The molecule has 1 heterocycles. The van der Waals surface area contributed by atoms with Crippen molar-refractivity contribution < 1.29 is 9.47 Å². The highest BCUT2D eigenvalue weighted by molar-refractivity contribution is 14.1. The third-order valence-corrected chi connectivity index (χ3v) is 4.92. The van der Waals surface area contributed by atoms with Crippen molar-refractivity contribution in [1.29, 1.82) is 0 Å². The molecule has 0 aliphatic carbocycles. The molecule has 1 aromatic carbocycles. The Bertz CT molecular complexity index is 556. The van der Waals surface area contributed by atoms with Crippen molar-refractivity contribution in [3.05, 3.63) is 32.2 Å². The Morgan fingerprint density at radius 3 is 2.28 bits per heavy atom. The molecule has 0 saturated carbocycles. The topological polar surface area (TPSA) is 18.5 Å². The molecule has 2 aromatic rings. The Labute approximate surface area is 125 Å². The molecular formula is C14H15IO2S. The van der Waals surface area contributed by atoms with E-state index in [1.807, 2.05) is 12.1 Å². The number of methoxy groups -OCH3 is 2. The number of hydrogen-bond acceptors (Lipinski definition) is 3. The first-order valence-corrected chi connectivity index (χ1v) is 7.45. The number of aryl methyl sites for hydroxylation is 2. The zero-order chi connectivity index (χ0) is 13.3. The molecule has 18 heavy (non-hydrogen) atoms. The predicted molar refractivity (Wildman–Crippen MR) is 85.1 cm³/mol. The summed E-state index contributed by atoms with van der Waals surface area (Å²) in [5.41, 5.74) is 2.48. The number of hydrogen-bond donors (Lipinski definition) is 0. The Morgan fingerprint density at radius 2 is 1.78 bits per heavy atom. The SMILES string of the molecule is COc1cc(I)c(-c2cc(C)c(C)s2)c(OC)c1. The second-order valence-electron chi connectivity index (χ2n) is 4.04. The van der Waals surface area contributed by atoms with Gasteiger partial charge in [0.1, 0.15) is 11.5 Å². The van der Waals surface area contributed by atoms with Crippen LogP contribution in [0.4, 0.5) is 0 Å². The number of rotatable bonds is 3. The second kappa shape index (κ2) is 5.48. The number of ether oxygens (including phenoxy) is 2. The van der Waals surface area contributed by atoms with Gasteiger partial charge in [0.2, 0.25) is 0 Å². The quantitative estimate of drug-likeness (QED) is 0.728. The summed E-state index contributed by atoms with van der Waals surface area (Å²) in [4.78, 5) is 2.59. The van der Waals surface area contributed by atoms with Gasteiger partial charge in [-0.1, -0.05) is 0 Å². The molecule has 0 spiro atoms. The Kier molecular flexibility index (Phi) is 4.17. The standard InChI is InChI=1S/C14H15IO2S/c1-8-5-13(18-9(8)2)14-11(15)6-10(16-3)7-12(14)17-4/h5-7H,1-4H3. The summed E-state index contributed by atoms with van der Waals surface area (Å²) in [6.07, 6.45) is 0. The Morgan fingerprint density at radius 1 is 1.06 bits per heavy atom. The van der Waals surface area contributed by atoms with Gasteiger partial charge < -0.3 is 9.47 Å². The summed E-state index contributed by atoms with van der Waals surface area (Å²) in [5.74, 6) is 1.69. The molecule has 4 heteroatoms. The van der Waals surface area contributed by atoms with Gasteiger partial charge in [-0.3, -0.25) is 0 Å². The van der Waals surface area contributed by atoms with E-state index in [1.165, 1.54) is 15.3 Å². The van der Waals surface area contributed by atoms with Gasteiger partial charge >= 0.3 is 0 Å². The number of thiophene rings is 1. The van der Waals surface area contributed by atoms with Gasteiger partial charge in [-0.05, 0) is 54.1 Å². The van der Waals surface area contributed by atoms with Crippen LogP contribution in [0.5, 0.6) is 11.5 Å². The van der Waals surface area contributed by atoms with Gasteiger partial charge in [0.05, 0.1) is 14.2 Å². The van der Waals surface area contributed by atoms with E-state index < -0.39 is 0 Å². The van der Waals surface area contributed by atoms with Crippen LogP contribution < -0.4 is 9.47 Å².